The Bertz CT molecular complexity index is 479. The fraction of sp³-hybridized carbons (Fsp3) is 0.625. The first kappa shape index (κ1) is 17.4. The first-order chi connectivity index (χ1) is 9.89. The van der Waals surface area contributed by atoms with Crippen LogP contribution in [0.15, 0.2) is 18.2 Å². The molecule has 2 N–H and O–H groups in total. The van der Waals surface area contributed by atoms with E-state index in [0.29, 0.717) is 14.8 Å². The molecule has 2 rings (SSSR count). The van der Waals surface area contributed by atoms with Gasteiger partial charge in [-0.15, -0.1) is 0 Å². The summed E-state index contributed by atoms with van der Waals surface area (Å²) in [7, 11) is 0. The lowest BCUT2D eigenvalue weighted by Gasteiger charge is -2.24. The second kappa shape index (κ2) is 7.56. The molecule has 1 aromatic rings. The second-order valence-electron chi connectivity index (χ2n) is 6.24. The maximum Gasteiger partial charge on any atom is 0.0640 e. The van der Waals surface area contributed by atoms with E-state index in [2.05, 4.69) is 30.5 Å². The molecule has 2 nitrogen and oxygen atoms in total. The third-order valence-corrected chi connectivity index (χ3v) is 6.27. The van der Waals surface area contributed by atoms with Crippen molar-refractivity contribution in [1.29, 1.82) is 0 Å². The van der Waals surface area contributed by atoms with Crippen LogP contribution >= 0.6 is 35.0 Å². The van der Waals surface area contributed by atoms with Gasteiger partial charge >= 0.3 is 0 Å². The predicted octanol–water partition coefficient (Wildman–Crippen LogP) is 4.60. The van der Waals surface area contributed by atoms with Crippen molar-refractivity contribution in [2.45, 2.75) is 37.5 Å². The number of thioether (sulfide) groups is 1. The average Bonchev–Trinajstić information content (AvgIpc) is 2.60. The van der Waals surface area contributed by atoms with Crippen molar-refractivity contribution in [3.8, 4) is 0 Å². The van der Waals surface area contributed by atoms with E-state index in [9.17, 15) is 0 Å². The van der Waals surface area contributed by atoms with Crippen LogP contribution in [0.3, 0.4) is 0 Å². The van der Waals surface area contributed by atoms with Gasteiger partial charge in [0.15, 0.2) is 0 Å². The molecule has 0 amide bonds. The average molecular weight is 347 g/mol. The summed E-state index contributed by atoms with van der Waals surface area (Å²) in [5.74, 6) is 1.19. The molecule has 21 heavy (non-hydrogen) atoms. The maximum absolute atomic E-state index is 6.30. The van der Waals surface area contributed by atoms with Crippen LogP contribution in [0.25, 0.3) is 0 Å². The molecular weight excluding hydrogens is 323 g/mol. The Hall–Kier alpha value is 0.0700. The topological polar surface area (TPSA) is 29.3 Å². The number of halogens is 2. The zero-order valence-electron chi connectivity index (χ0n) is 12.7. The Morgan fingerprint density at radius 3 is 2.86 bits per heavy atom. The summed E-state index contributed by atoms with van der Waals surface area (Å²) in [6.07, 6.45) is 2.13. The van der Waals surface area contributed by atoms with Crippen LogP contribution in [0.2, 0.25) is 10.0 Å². The van der Waals surface area contributed by atoms with Gasteiger partial charge in [0.2, 0.25) is 0 Å². The van der Waals surface area contributed by atoms with Crippen LogP contribution in [0.1, 0.15) is 38.3 Å². The van der Waals surface area contributed by atoms with Crippen molar-refractivity contribution in [3.05, 3.63) is 33.8 Å². The van der Waals surface area contributed by atoms with E-state index < -0.39 is 0 Å². The molecule has 5 heteroatoms. The van der Waals surface area contributed by atoms with Crippen LogP contribution in [-0.2, 0) is 0 Å². The Kier molecular flexibility index (Phi) is 6.27. The Morgan fingerprint density at radius 2 is 2.10 bits per heavy atom. The van der Waals surface area contributed by atoms with Crippen LogP contribution in [0.5, 0.6) is 0 Å². The molecule has 1 aliphatic rings. The van der Waals surface area contributed by atoms with Crippen molar-refractivity contribution in [2.24, 2.45) is 5.73 Å². The monoisotopic (exact) mass is 346 g/mol. The normalized spacial score (nSPS) is 21.0. The van der Waals surface area contributed by atoms with E-state index in [4.69, 9.17) is 28.9 Å². The standard InChI is InChI=1S/C16H24Cl2N2S/c1-16(2)7-9-20(10-11-21-16)8-6-14(19)12-4-3-5-13(17)15(12)18/h3-5,14H,6-11,19H2,1-2H3. The summed E-state index contributed by atoms with van der Waals surface area (Å²) in [5, 5.41) is 1.18. The number of rotatable bonds is 4. The molecule has 0 radical (unpaired) electrons. The molecular formula is C16H24Cl2N2S. The summed E-state index contributed by atoms with van der Waals surface area (Å²) in [5.41, 5.74) is 7.25. The molecule has 1 unspecified atom stereocenters. The van der Waals surface area contributed by atoms with E-state index in [-0.39, 0.29) is 6.04 Å². The summed E-state index contributed by atoms with van der Waals surface area (Å²) in [6.45, 7) is 7.97. The minimum Gasteiger partial charge on any atom is -0.324 e. The zero-order valence-corrected chi connectivity index (χ0v) is 15.1. The molecule has 1 aromatic carbocycles. The lowest BCUT2D eigenvalue weighted by molar-refractivity contribution is 0.273. The predicted molar refractivity (Wildman–Crippen MR) is 95.6 cm³/mol. The van der Waals surface area contributed by atoms with Crippen LogP contribution in [0.4, 0.5) is 0 Å². The third kappa shape index (κ3) is 5.04. The Labute approximate surface area is 142 Å². The van der Waals surface area contributed by atoms with E-state index in [1.54, 1.807) is 6.07 Å². The summed E-state index contributed by atoms with van der Waals surface area (Å²) < 4.78 is 0.396. The number of benzene rings is 1. The fourth-order valence-electron chi connectivity index (χ4n) is 2.57. The van der Waals surface area contributed by atoms with E-state index >= 15 is 0 Å². The minimum absolute atomic E-state index is 0.0554. The maximum atomic E-state index is 6.30. The molecule has 1 saturated heterocycles. The van der Waals surface area contributed by atoms with Crippen LogP contribution in [0, 0.1) is 0 Å². The highest BCUT2D eigenvalue weighted by Gasteiger charge is 2.24. The van der Waals surface area contributed by atoms with Gasteiger partial charge in [0.25, 0.3) is 0 Å². The summed E-state index contributed by atoms with van der Waals surface area (Å²) in [6, 6.07) is 5.63. The molecule has 0 bridgehead atoms. The van der Waals surface area contributed by atoms with Crippen molar-refractivity contribution < 1.29 is 0 Å². The largest absolute Gasteiger partial charge is 0.324 e. The second-order valence-corrected chi connectivity index (χ2v) is 8.83. The van der Waals surface area contributed by atoms with Gasteiger partial charge in [-0.25, -0.2) is 0 Å². The Morgan fingerprint density at radius 1 is 1.33 bits per heavy atom. The van der Waals surface area contributed by atoms with Gasteiger partial charge in [-0.1, -0.05) is 49.2 Å². The highest BCUT2D eigenvalue weighted by Crippen LogP contribution is 2.32. The van der Waals surface area contributed by atoms with Gasteiger partial charge < -0.3 is 10.6 Å². The number of nitrogens with zero attached hydrogens (tertiary/aromatic N) is 1. The van der Waals surface area contributed by atoms with Gasteiger partial charge in [-0.2, -0.15) is 11.8 Å². The molecule has 1 heterocycles. The lowest BCUT2D eigenvalue weighted by Crippen LogP contribution is -2.30. The van der Waals surface area contributed by atoms with Crippen LogP contribution in [-0.4, -0.2) is 35.0 Å². The van der Waals surface area contributed by atoms with Gasteiger partial charge in [0.05, 0.1) is 10.0 Å². The van der Waals surface area contributed by atoms with Gasteiger partial charge in [0, 0.05) is 23.1 Å². The molecule has 0 spiro atoms. The molecule has 0 aromatic heterocycles. The number of hydrogen-bond acceptors (Lipinski definition) is 3. The van der Waals surface area contributed by atoms with E-state index in [1.807, 2.05) is 12.1 Å². The quantitative estimate of drug-likeness (QED) is 0.863. The Balaban J connectivity index is 1.89. The van der Waals surface area contributed by atoms with Crippen LogP contribution < -0.4 is 5.73 Å². The van der Waals surface area contributed by atoms with Crippen molar-refractivity contribution >= 4 is 35.0 Å². The zero-order chi connectivity index (χ0) is 15.5. The van der Waals surface area contributed by atoms with Crippen molar-refractivity contribution in [1.82, 2.24) is 4.90 Å². The number of hydrogen-bond donors (Lipinski definition) is 1. The van der Waals surface area contributed by atoms with Gasteiger partial charge in [0.1, 0.15) is 0 Å². The molecule has 1 aliphatic heterocycles. The fourth-order valence-corrected chi connectivity index (χ4v) is 4.16. The van der Waals surface area contributed by atoms with Gasteiger partial charge in [-0.05, 0) is 37.6 Å². The smallest absolute Gasteiger partial charge is 0.0640 e. The molecule has 0 aliphatic carbocycles. The summed E-state index contributed by atoms with van der Waals surface area (Å²) in [4.78, 5) is 2.51. The third-order valence-electron chi connectivity index (χ3n) is 4.07. The highest BCUT2D eigenvalue weighted by molar-refractivity contribution is 8.00. The number of nitrogens with two attached hydrogens (primary N) is 1. The lowest BCUT2D eigenvalue weighted by atomic mass is 10.0. The summed E-state index contributed by atoms with van der Waals surface area (Å²) >= 11 is 14.4. The SMILES string of the molecule is CC1(C)CCN(CCC(N)c2cccc(Cl)c2Cl)CCS1. The molecule has 1 fully saturated rings. The first-order valence-electron chi connectivity index (χ1n) is 7.45. The molecule has 1 atom stereocenters. The van der Waals surface area contributed by atoms with E-state index in [1.165, 1.54) is 12.2 Å². The van der Waals surface area contributed by atoms with Crippen molar-refractivity contribution in [2.75, 3.05) is 25.4 Å². The minimum atomic E-state index is -0.0554. The van der Waals surface area contributed by atoms with Crippen molar-refractivity contribution in [3.63, 3.8) is 0 Å². The van der Waals surface area contributed by atoms with Gasteiger partial charge in [-0.3, -0.25) is 0 Å². The van der Waals surface area contributed by atoms with E-state index in [0.717, 1.165) is 31.6 Å². The highest BCUT2D eigenvalue weighted by atomic mass is 35.5. The molecule has 118 valence electrons. The first-order valence-corrected chi connectivity index (χ1v) is 9.19. The molecule has 0 saturated carbocycles.